The van der Waals surface area contributed by atoms with E-state index < -0.39 is 10.9 Å². The van der Waals surface area contributed by atoms with Gasteiger partial charge in [0.25, 0.3) is 11.8 Å². The normalized spacial score (nSPS) is 14.3. The van der Waals surface area contributed by atoms with E-state index in [1.165, 1.54) is 36.6 Å². The second kappa shape index (κ2) is 8.35. The molecule has 27 heavy (non-hydrogen) atoms. The average Bonchev–Trinajstić information content (AvgIpc) is 3.21. The maximum atomic E-state index is 12.8. The fourth-order valence-corrected chi connectivity index (χ4v) is 3.68. The lowest BCUT2D eigenvalue weighted by atomic mass is 10.1. The third-order valence-electron chi connectivity index (χ3n) is 4.16. The SMILES string of the molecule is COc1cc(N[SH](=O)=O)ccc1C(=O)N1CCN(C(=O)c2cscn2)CC1. The van der Waals surface area contributed by atoms with E-state index in [4.69, 9.17) is 4.74 Å². The minimum Gasteiger partial charge on any atom is -0.496 e. The molecule has 0 radical (unpaired) electrons. The average molecular weight is 410 g/mol. The molecule has 1 aromatic carbocycles. The number of anilines is 1. The fourth-order valence-electron chi connectivity index (χ4n) is 2.81. The molecular weight excluding hydrogens is 392 g/mol. The molecule has 1 saturated heterocycles. The number of rotatable bonds is 5. The number of benzene rings is 1. The summed E-state index contributed by atoms with van der Waals surface area (Å²) >= 11 is 1.36. The molecule has 0 bridgehead atoms. The minimum absolute atomic E-state index is 0.136. The van der Waals surface area contributed by atoms with Crippen LogP contribution in [0.2, 0.25) is 0 Å². The number of nitrogens with one attached hydrogen (secondary N) is 1. The van der Waals surface area contributed by atoms with Gasteiger partial charge in [-0.1, -0.05) is 0 Å². The van der Waals surface area contributed by atoms with Gasteiger partial charge in [0.05, 0.1) is 23.9 Å². The molecule has 3 rings (SSSR count). The number of thiazole rings is 1. The number of carbonyl (C=O) groups is 2. The van der Waals surface area contributed by atoms with E-state index in [0.717, 1.165) is 0 Å². The number of thiol groups is 1. The molecule has 1 aliphatic rings. The van der Waals surface area contributed by atoms with Gasteiger partial charge >= 0.3 is 0 Å². The summed E-state index contributed by atoms with van der Waals surface area (Å²) < 4.78 is 29.0. The Hall–Kier alpha value is -2.66. The molecule has 0 saturated carbocycles. The number of carbonyl (C=O) groups excluding carboxylic acids is 2. The summed E-state index contributed by atoms with van der Waals surface area (Å²) in [5.41, 5.74) is 2.68. The van der Waals surface area contributed by atoms with Crippen LogP contribution < -0.4 is 9.46 Å². The Labute approximate surface area is 161 Å². The molecule has 1 aliphatic heterocycles. The first-order valence-corrected chi connectivity index (χ1v) is 10.2. The van der Waals surface area contributed by atoms with Crippen molar-refractivity contribution in [2.45, 2.75) is 0 Å². The zero-order valence-electron chi connectivity index (χ0n) is 14.5. The monoisotopic (exact) mass is 410 g/mol. The van der Waals surface area contributed by atoms with Crippen LogP contribution in [0.4, 0.5) is 5.69 Å². The van der Waals surface area contributed by atoms with Gasteiger partial charge in [-0.15, -0.1) is 11.3 Å². The van der Waals surface area contributed by atoms with Crippen molar-refractivity contribution in [2.75, 3.05) is 38.0 Å². The van der Waals surface area contributed by atoms with Crippen molar-refractivity contribution < 1.29 is 22.7 Å². The summed E-state index contributed by atoms with van der Waals surface area (Å²) in [7, 11) is -1.39. The summed E-state index contributed by atoms with van der Waals surface area (Å²) in [5, 5.41) is 1.70. The predicted octanol–water partition coefficient (Wildman–Crippen LogP) is 0.688. The summed E-state index contributed by atoms with van der Waals surface area (Å²) in [4.78, 5) is 32.5. The number of methoxy groups -OCH3 is 1. The van der Waals surface area contributed by atoms with Gasteiger partial charge in [0, 0.05) is 37.6 Å². The highest BCUT2D eigenvalue weighted by atomic mass is 32.2. The van der Waals surface area contributed by atoms with Crippen molar-refractivity contribution in [1.82, 2.24) is 14.8 Å². The van der Waals surface area contributed by atoms with Crippen molar-refractivity contribution >= 4 is 39.7 Å². The first kappa shape index (κ1) is 19.1. The van der Waals surface area contributed by atoms with Crippen LogP contribution >= 0.6 is 11.3 Å². The molecule has 0 unspecified atom stereocenters. The lowest BCUT2D eigenvalue weighted by Gasteiger charge is -2.34. The van der Waals surface area contributed by atoms with Gasteiger partial charge in [0.2, 0.25) is 10.9 Å². The number of piperazine rings is 1. The van der Waals surface area contributed by atoms with E-state index in [1.54, 1.807) is 20.7 Å². The molecule has 0 aliphatic carbocycles. The molecule has 9 nitrogen and oxygen atoms in total. The topological polar surface area (TPSA) is 109 Å². The van der Waals surface area contributed by atoms with Crippen LogP contribution in [-0.4, -0.2) is 68.3 Å². The van der Waals surface area contributed by atoms with Crippen molar-refractivity contribution in [3.8, 4) is 5.75 Å². The van der Waals surface area contributed by atoms with Crippen LogP contribution in [0, 0.1) is 0 Å². The van der Waals surface area contributed by atoms with Crippen LogP contribution in [0.5, 0.6) is 5.75 Å². The first-order valence-electron chi connectivity index (χ1n) is 8.05. The number of nitrogens with zero attached hydrogens (tertiary/aromatic N) is 3. The smallest absolute Gasteiger partial charge is 0.273 e. The zero-order valence-corrected chi connectivity index (χ0v) is 16.2. The molecule has 0 spiro atoms. The van der Waals surface area contributed by atoms with Gasteiger partial charge < -0.3 is 14.5 Å². The summed E-state index contributed by atoms with van der Waals surface area (Å²) in [6.07, 6.45) is 0. The Morgan fingerprint density at radius 3 is 2.37 bits per heavy atom. The van der Waals surface area contributed by atoms with Gasteiger partial charge in [0.1, 0.15) is 11.4 Å². The van der Waals surface area contributed by atoms with Crippen molar-refractivity contribution in [2.24, 2.45) is 0 Å². The van der Waals surface area contributed by atoms with Crippen LogP contribution in [0.15, 0.2) is 29.1 Å². The van der Waals surface area contributed by atoms with E-state index in [9.17, 15) is 18.0 Å². The molecule has 2 heterocycles. The molecule has 144 valence electrons. The van der Waals surface area contributed by atoms with E-state index >= 15 is 0 Å². The maximum absolute atomic E-state index is 12.8. The standard InChI is InChI=1S/C16H18N4O5S2/c1-25-14-8-11(18-27(23)24)2-3-12(14)15(21)19-4-6-20(7-5-19)16(22)13-9-26-10-17-13/h2-3,8-10,27H,4-7H2,1H3,(H,18,23,24). The summed E-state index contributed by atoms with van der Waals surface area (Å²) in [6.45, 7) is 1.62. The number of hydrogen-bond donors (Lipinski definition) is 2. The maximum Gasteiger partial charge on any atom is 0.273 e. The molecule has 2 aromatic rings. The fraction of sp³-hybridized carbons (Fsp3) is 0.312. The Morgan fingerprint density at radius 1 is 1.15 bits per heavy atom. The molecule has 1 N–H and O–H groups in total. The molecular formula is C16H18N4O5S2. The van der Waals surface area contributed by atoms with E-state index in [2.05, 4.69) is 9.71 Å². The van der Waals surface area contributed by atoms with E-state index in [0.29, 0.717) is 43.1 Å². The van der Waals surface area contributed by atoms with E-state index in [-0.39, 0.29) is 17.6 Å². The molecule has 1 fully saturated rings. The van der Waals surface area contributed by atoms with Crippen LogP contribution in [0.25, 0.3) is 0 Å². The number of amides is 2. The predicted molar refractivity (Wildman–Crippen MR) is 101 cm³/mol. The van der Waals surface area contributed by atoms with Gasteiger partial charge in [-0.05, 0) is 12.1 Å². The lowest BCUT2D eigenvalue weighted by Crippen LogP contribution is -2.50. The second-order valence-corrected chi connectivity index (χ2v) is 7.20. The van der Waals surface area contributed by atoms with Crippen LogP contribution in [0.1, 0.15) is 20.8 Å². The molecule has 2 amide bonds. The van der Waals surface area contributed by atoms with Crippen molar-refractivity contribution in [1.29, 1.82) is 0 Å². The Balaban J connectivity index is 1.67. The van der Waals surface area contributed by atoms with Gasteiger partial charge in [0.15, 0.2) is 0 Å². The highest BCUT2D eigenvalue weighted by Crippen LogP contribution is 2.25. The van der Waals surface area contributed by atoms with Crippen molar-refractivity contribution in [3.63, 3.8) is 0 Å². The molecule has 1 aromatic heterocycles. The zero-order chi connectivity index (χ0) is 19.4. The van der Waals surface area contributed by atoms with Crippen LogP contribution in [-0.2, 0) is 10.9 Å². The van der Waals surface area contributed by atoms with Crippen molar-refractivity contribution in [3.05, 3.63) is 40.3 Å². The number of hydrogen-bond acceptors (Lipinski definition) is 7. The van der Waals surface area contributed by atoms with Gasteiger partial charge in [-0.2, -0.15) is 0 Å². The highest BCUT2D eigenvalue weighted by Gasteiger charge is 2.27. The third-order valence-corrected chi connectivity index (χ3v) is 5.19. The first-order chi connectivity index (χ1) is 13.0. The largest absolute Gasteiger partial charge is 0.496 e. The van der Waals surface area contributed by atoms with E-state index in [1.807, 2.05) is 0 Å². The quantitative estimate of drug-likeness (QED) is 0.702. The summed E-state index contributed by atoms with van der Waals surface area (Å²) in [6, 6.07) is 4.48. The number of aromatic nitrogens is 1. The highest BCUT2D eigenvalue weighted by molar-refractivity contribution is 7.73. The Morgan fingerprint density at radius 2 is 1.81 bits per heavy atom. The molecule has 11 heteroatoms. The Kier molecular flexibility index (Phi) is 5.91. The molecule has 0 atom stereocenters. The summed E-state index contributed by atoms with van der Waals surface area (Å²) in [5.74, 6) is -0.0865. The van der Waals surface area contributed by atoms with Crippen LogP contribution in [0.3, 0.4) is 0 Å². The van der Waals surface area contributed by atoms with Gasteiger partial charge in [-0.3, -0.25) is 14.3 Å². The third kappa shape index (κ3) is 4.37. The Bertz CT molecular complexity index is 898. The number of ether oxygens (including phenoxy) is 1. The second-order valence-electron chi connectivity index (χ2n) is 5.74. The van der Waals surface area contributed by atoms with Gasteiger partial charge in [-0.25, -0.2) is 13.4 Å². The minimum atomic E-state index is -2.80. The lowest BCUT2D eigenvalue weighted by molar-refractivity contribution is 0.0531.